The Kier molecular flexibility index (Phi) is 4.13. The first kappa shape index (κ1) is 12.5. The van der Waals surface area contributed by atoms with E-state index in [-0.39, 0.29) is 5.54 Å². The van der Waals surface area contributed by atoms with Crippen LogP contribution in [0.15, 0.2) is 24.5 Å². The number of nitrogens with one attached hydrogen (secondary N) is 1. The Balaban J connectivity index is 1.92. The normalized spacial score (nSPS) is 21.8. The zero-order chi connectivity index (χ0) is 12.1. The summed E-state index contributed by atoms with van der Waals surface area (Å²) in [7, 11) is 0. The van der Waals surface area contributed by atoms with E-state index < -0.39 is 0 Å². The summed E-state index contributed by atoms with van der Waals surface area (Å²) in [6.45, 7) is 9.12. The summed E-state index contributed by atoms with van der Waals surface area (Å²) in [6.07, 6.45) is 6.20. The van der Waals surface area contributed by atoms with Crippen molar-refractivity contribution in [3.63, 3.8) is 0 Å². The van der Waals surface area contributed by atoms with E-state index in [9.17, 15) is 0 Å². The molecule has 1 saturated heterocycles. The Morgan fingerprint density at radius 1 is 1.29 bits per heavy atom. The highest BCUT2D eigenvalue weighted by molar-refractivity contribution is 5.09. The molecule has 1 aliphatic heterocycles. The Morgan fingerprint density at radius 2 is 2.06 bits per heavy atom. The van der Waals surface area contributed by atoms with Crippen LogP contribution in [-0.4, -0.2) is 35.1 Å². The second kappa shape index (κ2) is 5.61. The molecule has 0 aromatic carbocycles. The molecule has 0 saturated carbocycles. The van der Waals surface area contributed by atoms with E-state index in [1.165, 1.54) is 31.5 Å². The van der Waals surface area contributed by atoms with E-state index in [2.05, 4.69) is 41.2 Å². The van der Waals surface area contributed by atoms with Gasteiger partial charge in [0.15, 0.2) is 0 Å². The lowest BCUT2D eigenvalue weighted by atomic mass is 9.98. The minimum Gasteiger partial charge on any atom is -0.312 e. The van der Waals surface area contributed by atoms with Gasteiger partial charge in [0.25, 0.3) is 0 Å². The molecule has 3 heteroatoms. The van der Waals surface area contributed by atoms with Crippen molar-refractivity contribution in [2.45, 2.75) is 38.8 Å². The summed E-state index contributed by atoms with van der Waals surface area (Å²) < 4.78 is 0. The van der Waals surface area contributed by atoms with Crippen molar-refractivity contribution in [2.24, 2.45) is 0 Å². The van der Waals surface area contributed by atoms with Crippen LogP contribution in [0, 0.1) is 0 Å². The molecule has 0 atom stereocenters. The Labute approximate surface area is 104 Å². The van der Waals surface area contributed by atoms with E-state index in [0.717, 1.165) is 13.1 Å². The second-order valence-corrected chi connectivity index (χ2v) is 5.55. The second-order valence-electron chi connectivity index (χ2n) is 5.55. The van der Waals surface area contributed by atoms with Crippen LogP contribution in [0.25, 0.3) is 0 Å². The smallest absolute Gasteiger partial charge is 0.0271 e. The van der Waals surface area contributed by atoms with Gasteiger partial charge in [0.2, 0.25) is 0 Å². The van der Waals surface area contributed by atoms with Gasteiger partial charge in [-0.25, -0.2) is 0 Å². The van der Waals surface area contributed by atoms with Crippen LogP contribution in [0.1, 0.15) is 32.3 Å². The molecule has 0 bridgehead atoms. The van der Waals surface area contributed by atoms with Gasteiger partial charge in [0.05, 0.1) is 0 Å². The van der Waals surface area contributed by atoms with Crippen molar-refractivity contribution in [3.8, 4) is 0 Å². The van der Waals surface area contributed by atoms with Crippen LogP contribution in [0.4, 0.5) is 0 Å². The fourth-order valence-corrected chi connectivity index (χ4v) is 2.27. The third-order valence-electron chi connectivity index (χ3n) is 3.46. The van der Waals surface area contributed by atoms with E-state index in [4.69, 9.17) is 0 Å². The highest BCUT2D eigenvalue weighted by Crippen LogP contribution is 2.14. The first-order valence-corrected chi connectivity index (χ1v) is 6.52. The third-order valence-corrected chi connectivity index (χ3v) is 3.46. The van der Waals surface area contributed by atoms with E-state index >= 15 is 0 Å². The zero-order valence-corrected chi connectivity index (χ0v) is 10.9. The molecule has 1 aliphatic rings. The number of pyridine rings is 1. The van der Waals surface area contributed by atoms with E-state index in [1.807, 2.05) is 12.4 Å². The summed E-state index contributed by atoms with van der Waals surface area (Å²) in [4.78, 5) is 6.62. The average molecular weight is 233 g/mol. The van der Waals surface area contributed by atoms with Crippen molar-refractivity contribution in [2.75, 3.05) is 19.6 Å². The summed E-state index contributed by atoms with van der Waals surface area (Å²) in [5, 5.41) is 3.61. The van der Waals surface area contributed by atoms with Gasteiger partial charge < -0.3 is 5.32 Å². The van der Waals surface area contributed by atoms with Crippen molar-refractivity contribution in [1.29, 1.82) is 0 Å². The van der Waals surface area contributed by atoms with Gasteiger partial charge in [-0.15, -0.1) is 0 Å². The van der Waals surface area contributed by atoms with Crippen LogP contribution >= 0.6 is 0 Å². The molecule has 0 spiro atoms. The first-order chi connectivity index (χ1) is 8.16. The number of rotatable bonds is 2. The minimum absolute atomic E-state index is 0.275. The topological polar surface area (TPSA) is 28.2 Å². The lowest BCUT2D eigenvalue weighted by Gasteiger charge is -2.33. The maximum absolute atomic E-state index is 4.07. The minimum atomic E-state index is 0.275. The molecule has 1 aromatic heterocycles. The number of aromatic nitrogens is 1. The molecule has 1 fully saturated rings. The van der Waals surface area contributed by atoms with Crippen LogP contribution in [0.2, 0.25) is 0 Å². The molecule has 2 rings (SSSR count). The SMILES string of the molecule is CC1(C)CCN(Cc2ccncc2)CCCN1. The molecule has 94 valence electrons. The van der Waals surface area contributed by atoms with Crippen molar-refractivity contribution >= 4 is 0 Å². The molecule has 0 radical (unpaired) electrons. The highest BCUT2D eigenvalue weighted by atomic mass is 15.1. The Morgan fingerprint density at radius 3 is 2.82 bits per heavy atom. The van der Waals surface area contributed by atoms with Gasteiger partial charge in [-0.1, -0.05) is 0 Å². The van der Waals surface area contributed by atoms with Gasteiger partial charge in [0.1, 0.15) is 0 Å². The monoisotopic (exact) mass is 233 g/mol. The maximum Gasteiger partial charge on any atom is 0.0271 e. The Hall–Kier alpha value is -0.930. The zero-order valence-electron chi connectivity index (χ0n) is 10.9. The number of hydrogen-bond acceptors (Lipinski definition) is 3. The predicted octanol–water partition coefficient (Wildman–Crippen LogP) is 2.05. The van der Waals surface area contributed by atoms with E-state index in [0.29, 0.717) is 0 Å². The van der Waals surface area contributed by atoms with Gasteiger partial charge in [-0.3, -0.25) is 9.88 Å². The molecule has 1 N–H and O–H groups in total. The summed E-state index contributed by atoms with van der Waals surface area (Å²) in [6, 6.07) is 4.23. The van der Waals surface area contributed by atoms with Gasteiger partial charge in [-0.2, -0.15) is 0 Å². The fraction of sp³-hybridized carbons (Fsp3) is 0.643. The Bertz CT molecular complexity index is 335. The molecule has 1 aromatic rings. The standard InChI is InChI=1S/C14H23N3/c1-14(2)6-11-17(10-3-7-16-14)12-13-4-8-15-9-5-13/h4-5,8-9,16H,3,6-7,10-12H2,1-2H3. The summed E-state index contributed by atoms with van der Waals surface area (Å²) in [5.41, 5.74) is 1.64. The van der Waals surface area contributed by atoms with Gasteiger partial charge >= 0.3 is 0 Å². The molecule has 17 heavy (non-hydrogen) atoms. The largest absolute Gasteiger partial charge is 0.312 e. The number of nitrogens with zero attached hydrogens (tertiary/aromatic N) is 2. The average Bonchev–Trinajstić information content (AvgIpc) is 2.31. The fourth-order valence-electron chi connectivity index (χ4n) is 2.27. The lowest BCUT2D eigenvalue weighted by Crippen LogP contribution is -2.46. The highest BCUT2D eigenvalue weighted by Gasteiger charge is 2.20. The number of hydrogen-bond donors (Lipinski definition) is 1. The summed E-state index contributed by atoms with van der Waals surface area (Å²) >= 11 is 0. The van der Waals surface area contributed by atoms with Crippen LogP contribution < -0.4 is 5.32 Å². The lowest BCUT2D eigenvalue weighted by molar-refractivity contribution is 0.198. The molecule has 0 unspecified atom stereocenters. The quantitative estimate of drug-likeness (QED) is 0.847. The van der Waals surface area contributed by atoms with Gasteiger partial charge in [0, 0.05) is 31.0 Å². The molecule has 0 amide bonds. The molecular weight excluding hydrogens is 210 g/mol. The first-order valence-electron chi connectivity index (χ1n) is 6.52. The predicted molar refractivity (Wildman–Crippen MR) is 70.8 cm³/mol. The molecule has 0 aliphatic carbocycles. The van der Waals surface area contributed by atoms with Crippen molar-refractivity contribution in [3.05, 3.63) is 30.1 Å². The summed E-state index contributed by atoms with van der Waals surface area (Å²) in [5.74, 6) is 0. The van der Waals surface area contributed by atoms with E-state index in [1.54, 1.807) is 0 Å². The van der Waals surface area contributed by atoms with Crippen LogP contribution in [0.5, 0.6) is 0 Å². The third kappa shape index (κ3) is 4.10. The molecule has 3 nitrogen and oxygen atoms in total. The van der Waals surface area contributed by atoms with Crippen molar-refractivity contribution < 1.29 is 0 Å². The maximum atomic E-state index is 4.07. The van der Waals surface area contributed by atoms with Crippen LogP contribution in [0.3, 0.4) is 0 Å². The molecule has 2 heterocycles. The van der Waals surface area contributed by atoms with Gasteiger partial charge in [-0.05, 0) is 57.5 Å². The van der Waals surface area contributed by atoms with Crippen LogP contribution in [-0.2, 0) is 6.54 Å². The van der Waals surface area contributed by atoms with Crippen molar-refractivity contribution in [1.82, 2.24) is 15.2 Å². The molecular formula is C14H23N3.